The molecule has 2 amide bonds. The quantitative estimate of drug-likeness (QED) is 0.459. The Balaban J connectivity index is 1.55. The Kier molecular flexibility index (Phi) is 6.01. The Morgan fingerprint density at radius 3 is 2.78 bits per heavy atom. The molecule has 1 fully saturated rings. The van der Waals surface area contributed by atoms with Crippen LogP contribution >= 0.6 is 0 Å². The number of likely N-dealkylation sites (tertiary alicyclic amines) is 1. The molecule has 1 atom stereocenters. The molecule has 12 heteroatoms. The van der Waals surface area contributed by atoms with E-state index in [9.17, 15) is 9.59 Å². The highest BCUT2D eigenvalue weighted by Crippen LogP contribution is 2.21. The van der Waals surface area contributed by atoms with Crippen LogP contribution in [0.5, 0.6) is 0 Å². The number of hydrogen-bond donors (Lipinski definition) is 3. The van der Waals surface area contributed by atoms with Gasteiger partial charge in [0.05, 0.1) is 18.1 Å². The van der Waals surface area contributed by atoms with E-state index in [0.717, 1.165) is 18.5 Å². The predicted octanol–water partition coefficient (Wildman–Crippen LogP) is 0.884. The van der Waals surface area contributed by atoms with Crippen LogP contribution in [-0.2, 0) is 4.79 Å². The number of anilines is 3. The van der Waals surface area contributed by atoms with Crippen LogP contribution in [0.1, 0.15) is 23.3 Å². The van der Waals surface area contributed by atoms with Gasteiger partial charge in [0, 0.05) is 24.8 Å². The van der Waals surface area contributed by atoms with Crippen LogP contribution in [0.25, 0.3) is 5.69 Å². The minimum Gasteiger partial charge on any atom is -0.364 e. The number of primary amides is 1. The van der Waals surface area contributed by atoms with Crippen LogP contribution in [0.15, 0.2) is 49.3 Å². The van der Waals surface area contributed by atoms with Crippen molar-refractivity contribution < 1.29 is 9.59 Å². The average Bonchev–Trinajstić information content (AvgIpc) is 3.34. The number of nitrogens with two attached hydrogens (primary N) is 1. The lowest BCUT2D eigenvalue weighted by Crippen LogP contribution is -2.44. The summed E-state index contributed by atoms with van der Waals surface area (Å²) in [5.74, 6) is -0.492. The van der Waals surface area contributed by atoms with E-state index in [-0.39, 0.29) is 29.4 Å². The molecule has 0 saturated carbocycles. The fourth-order valence-corrected chi connectivity index (χ4v) is 3.44. The minimum absolute atomic E-state index is 0.0593. The number of benzene rings is 1. The van der Waals surface area contributed by atoms with Crippen molar-refractivity contribution >= 4 is 29.3 Å². The Bertz CT molecular complexity index is 1130. The molecule has 3 aromatic rings. The molecule has 4 rings (SSSR count). The fourth-order valence-electron chi connectivity index (χ4n) is 3.44. The standard InChI is InChI=1S/C20H22N10O2/c1-2-16(31)29-10-4-6-14(12-29)25-20-26-19(17(18(21)32)27-28-20)24-13-5-3-7-15(11-13)30-22-8-9-23-30/h2-3,5,7-9,11,14H,1,4,6,10,12H2,(H2,21,32)(H2,24,25,26,28). The summed E-state index contributed by atoms with van der Waals surface area (Å²) < 4.78 is 0. The number of nitrogens with zero attached hydrogens (tertiary/aromatic N) is 7. The smallest absolute Gasteiger partial charge is 0.273 e. The number of carbonyl (C=O) groups is 2. The summed E-state index contributed by atoms with van der Waals surface area (Å²) in [6.45, 7) is 4.71. The van der Waals surface area contributed by atoms with E-state index in [1.807, 2.05) is 12.1 Å². The second-order valence-electron chi connectivity index (χ2n) is 7.16. The third-order valence-electron chi connectivity index (χ3n) is 4.92. The van der Waals surface area contributed by atoms with Gasteiger partial charge in [-0.05, 0) is 37.1 Å². The molecule has 0 radical (unpaired) electrons. The molecule has 1 aliphatic rings. The van der Waals surface area contributed by atoms with Crippen molar-refractivity contribution in [1.82, 2.24) is 35.1 Å². The van der Waals surface area contributed by atoms with Crippen molar-refractivity contribution in [2.45, 2.75) is 18.9 Å². The van der Waals surface area contributed by atoms with Crippen LogP contribution in [-0.4, -0.2) is 66.0 Å². The van der Waals surface area contributed by atoms with Gasteiger partial charge in [0.15, 0.2) is 11.5 Å². The van der Waals surface area contributed by atoms with E-state index < -0.39 is 5.91 Å². The van der Waals surface area contributed by atoms with E-state index in [1.54, 1.807) is 29.4 Å². The topological polar surface area (TPSA) is 157 Å². The summed E-state index contributed by atoms with van der Waals surface area (Å²) in [5, 5.41) is 22.4. The minimum atomic E-state index is -0.760. The summed E-state index contributed by atoms with van der Waals surface area (Å²) in [5.41, 5.74) is 6.72. The average molecular weight is 434 g/mol. The fraction of sp³-hybridized carbons (Fsp3) is 0.250. The molecule has 1 aromatic carbocycles. The van der Waals surface area contributed by atoms with Crippen molar-refractivity contribution in [3.8, 4) is 5.69 Å². The van der Waals surface area contributed by atoms with Crippen LogP contribution in [0, 0.1) is 0 Å². The van der Waals surface area contributed by atoms with Gasteiger partial charge >= 0.3 is 0 Å². The van der Waals surface area contributed by atoms with Gasteiger partial charge in [0.25, 0.3) is 5.91 Å². The molecule has 2 aromatic heterocycles. The lowest BCUT2D eigenvalue weighted by atomic mass is 10.1. The molecule has 164 valence electrons. The molecule has 1 saturated heterocycles. The van der Waals surface area contributed by atoms with Crippen molar-refractivity contribution in [2.24, 2.45) is 5.73 Å². The number of amides is 2. The summed E-state index contributed by atoms with van der Waals surface area (Å²) in [7, 11) is 0. The zero-order chi connectivity index (χ0) is 22.5. The van der Waals surface area contributed by atoms with E-state index in [0.29, 0.717) is 18.8 Å². The lowest BCUT2D eigenvalue weighted by molar-refractivity contribution is -0.127. The summed E-state index contributed by atoms with van der Waals surface area (Å²) in [6, 6.07) is 7.18. The van der Waals surface area contributed by atoms with Gasteiger partial charge in [0.1, 0.15) is 0 Å². The van der Waals surface area contributed by atoms with E-state index in [2.05, 4.69) is 42.6 Å². The van der Waals surface area contributed by atoms with Gasteiger partial charge in [-0.1, -0.05) is 12.6 Å². The van der Waals surface area contributed by atoms with Crippen molar-refractivity contribution in [3.05, 3.63) is 55.0 Å². The van der Waals surface area contributed by atoms with E-state index in [4.69, 9.17) is 5.73 Å². The van der Waals surface area contributed by atoms with Crippen molar-refractivity contribution in [2.75, 3.05) is 23.7 Å². The van der Waals surface area contributed by atoms with Crippen LogP contribution in [0.3, 0.4) is 0 Å². The molecular weight excluding hydrogens is 412 g/mol. The largest absolute Gasteiger partial charge is 0.364 e. The third-order valence-corrected chi connectivity index (χ3v) is 4.92. The predicted molar refractivity (Wildman–Crippen MR) is 116 cm³/mol. The van der Waals surface area contributed by atoms with Gasteiger partial charge in [-0.15, -0.1) is 10.2 Å². The number of hydrogen-bond acceptors (Lipinski definition) is 9. The Labute approximate surface area is 183 Å². The highest BCUT2D eigenvalue weighted by molar-refractivity contribution is 5.96. The maximum Gasteiger partial charge on any atom is 0.273 e. The maximum atomic E-state index is 11.9. The van der Waals surface area contributed by atoms with E-state index >= 15 is 0 Å². The highest BCUT2D eigenvalue weighted by atomic mass is 16.2. The first-order chi connectivity index (χ1) is 15.5. The van der Waals surface area contributed by atoms with Crippen molar-refractivity contribution in [3.63, 3.8) is 0 Å². The van der Waals surface area contributed by atoms with Gasteiger partial charge < -0.3 is 21.3 Å². The van der Waals surface area contributed by atoms with Gasteiger partial charge in [0.2, 0.25) is 11.9 Å². The van der Waals surface area contributed by atoms with Crippen LogP contribution < -0.4 is 16.4 Å². The number of rotatable bonds is 7. The molecule has 0 aliphatic carbocycles. The Morgan fingerprint density at radius 2 is 2.03 bits per heavy atom. The maximum absolute atomic E-state index is 11.9. The first-order valence-corrected chi connectivity index (χ1v) is 9.99. The molecule has 4 N–H and O–H groups in total. The number of piperidine rings is 1. The number of nitrogens with one attached hydrogen (secondary N) is 2. The molecule has 1 aliphatic heterocycles. The second kappa shape index (κ2) is 9.20. The molecule has 12 nitrogen and oxygen atoms in total. The zero-order valence-corrected chi connectivity index (χ0v) is 17.2. The van der Waals surface area contributed by atoms with Crippen molar-refractivity contribution in [1.29, 1.82) is 0 Å². The van der Waals surface area contributed by atoms with Crippen LogP contribution in [0.2, 0.25) is 0 Å². The molecule has 0 spiro atoms. The summed E-state index contributed by atoms with van der Waals surface area (Å²) >= 11 is 0. The lowest BCUT2D eigenvalue weighted by Gasteiger charge is -2.32. The zero-order valence-electron chi connectivity index (χ0n) is 17.2. The monoisotopic (exact) mass is 434 g/mol. The third kappa shape index (κ3) is 4.69. The van der Waals surface area contributed by atoms with Crippen LogP contribution in [0.4, 0.5) is 17.5 Å². The SMILES string of the molecule is C=CC(=O)N1CCCC(Nc2nnc(C(N)=O)c(Nc3cccc(-n4nccn4)c3)n2)C1. The first-order valence-electron chi connectivity index (χ1n) is 9.99. The number of carbonyl (C=O) groups excluding carboxylic acids is 2. The number of aromatic nitrogens is 6. The molecule has 1 unspecified atom stereocenters. The molecule has 32 heavy (non-hydrogen) atoms. The summed E-state index contributed by atoms with van der Waals surface area (Å²) in [4.78, 5) is 31.4. The second-order valence-corrected chi connectivity index (χ2v) is 7.16. The first kappa shape index (κ1) is 20.9. The Hall–Kier alpha value is -4.35. The normalized spacial score (nSPS) is 15.8. The highest BCUT2D eigenvalue weighted by Gasteiger charge is 2.23. The van der Waals surface area contributed by atoms with Gasteiger partial charge in [-0.3, -0.25) is 9.59 Å². The van der Waals surface area contributed by atoms with E-state index in [1.165, 1.54) is 10.9 Å². The summed E-state index contributed by atoms with van der Waals surface area (Å²) in [6.07, 6.45) is 6.13. The van der Waals surface area contributed by atoms with Gasteiger partial charge in [-0.2, -0.15) is 20.0 Å². The molecular formula is C20H22N10O2. The molecule has 0 bridgehead atoms. The molecule has 3 heterocycles. The Morgan fingerprint density at radius 1 is 1.22 bits per heavy atom. The van der Waals surface area contributed by atoms with Gasteiger partial charge in [-0.25, -0.2) is 0 Å².